The van der Waals surface area contributed by atoms with Gasteiger partial charge < -0.3 is 9.84 Å². The number of hydrogen-bond donors (Lipinski definition) is 2. The second-order valence-electron chi connectivity index (χ2n) is 5.37. The molecule has 1 rings (SSSR count). The number of aryl methyl sites for hydroxylation is 1. The van der Waals surface area contributed by atoms with Gasteiger partial charge in [-0.2, -0.15) is 0 Å². The summed E-state index contributed by atoms with van der Waals surface area (Å²) in [5.41, 5.74) is 1.07. The lowest BCUT2D eigenvalue weighted by atomic mass is 10.0. The number of carbonyl (C=O) groups excluding carboxylic acids is 2. The molecule has 0 radical (unpaired) electrons. The van der Waals surface area contributed by atoms with Crippen molar-refractivity contribution in [1.82, 2.24) is 0 Å². The summed E-state index contributed by atoms with van der Waals surface area (Å²) in [7, 11) is 0. The van der Waals surface area contributed by atoms with Crippen molar-refractivity contribution in [3.63, 3.8) is 0 Å². The van der Waals surface area contributed by atoms with Crippen molar-refractivity contribution < 1.29 is 19.4 Å². The number of benzene rings is 1. The van der Waals surface area contributed by atoms with Crippen LogP contribution >= 0.6 is 0 Å². The molecule has 0 bridgehead atoms. The second kappa shape index (κ2) is 5.30. The lowest BCUT2D eigenvalue weighted by molar-refractivity contribution is 0.0635. The minimum absolute atomic E-state index is 0.124. The Labute approximate surface area is 112 Å². The van der Waals surface area contributed by atoms with Crippen molar-refractivity contribution in [3.05, 3.63) is 22.8 Å². The number of phenolic OH excluding ortho intramolecular Hbond substituents is 1. The Hall–Kier alpha value is -2.04. The molecule has 1 amide bonds. The molecule has 0 spiro atoms. The number of anilines is 1. The van der Waals surface area contributed by atoms with E-state index in [0.29, 0.717) is 23.1 Å². The van der Waals surface area contributed by atoms with Crippen molar-refractivity contribution in [2.24, 2.45) is 0 Å². The molecule has 104 valence electrons. The highest BCUT2D eigenvalue weighted by atomic mass is 16.6. The molecule has 1 aromatic carbocycles. The SMILES string of the molecule is Cc1cc(NC(=O)OC(C)(C)C)c(C)c(O)c1C=O. The zero-order valence-electron chi connectivity index (χ0n) is 11.8. The van der Waals surface area contributed by atoms with Gasteiger partial charge in [0.05, 0.1) is 11.3 Å². The summed E-state index contributed by atoms with van der Waals surface area (Å²) in [5.74, 6) is -0.124. The summed E-state index contributed by atoms with van der Waals surface area (Å²) in [6.07, 6.45) is -0.0113. The Morgan fingerprint density at radius 2 is 1.95 bits per heavy atom. The van der Waals surface area contributed by atoms with Gasteiger partial charge >= 0.3 is 6.09 Å². The van der Waals surface area contributed by atoms with Crippen LogP contribution in [0.1, 0.15) is 42.3 Å². The summed E-state index contributed by atoms with van der Waals surface area (Å²) in [5, 5.41) is 12.4. The molecule has 5 heteroatoms. The molecule has 5 nitrogen and oxygen atoms in total. The van der Waals surface area contributed by atoms with E-state index in [0.717, 1.165) is 0 Å². The molecule has 0 heterocycles. The largest absolute Gasteiger partial charge is 0.507 e. The molecule has 0 aliphatic heterocycles. The number of carbonyl (C=O) groups is 2. The van der Waals surface area contributed by atoms with Crippen LogP contribution in [0.15, 0.2) is 6.07 Å². The van der Waals surface area contributed by atoms with E-state index in [1.807, 2.05) is 0 Å². The van der Waals surface area contributed by atoms with E-state index in [1.54, 1.807) is 40.7 Å². The number of aldehydes is 1. The van der Waals surface area contributed by atoms with Gasteiger partial charge in [-0.3, -0.25) is 10.1 Å². The number of nitrogens with one attached hydrogen (secondary N) is 1. The third-order valence-corrected chi connectivity index (χ3v) is 2.55. The van der Waals surface area contributed by atoms with Crippen LogP contribution in [-0.2, 0) is 4.74 Å². The summed E-state index contributed by atoms with van der Waals surface area (Å²) in [6.45, 7) is 8.59. The first kappa shape index (κ1) is 15.0. The Bertz CT molecular complexity index is 515. The lowest BCUT2D eigenvalue weighted by Gasteiger charge is -2.20. The summed E-state index contributed by atoms with van der Waals surface area (Å²) in [4.78, 5) is 22.5. The zero-order valence-corrected chi connectivity index (χ0v) is 11.8. The highest BCUT2D eigenvalue weighted by Crippen LogP contribution is 2.31. The van der Waals surface area contributed by atoms with E-state index in [9.17, 15) is 14.7 Å². The molecule has 0 saturated heterocycles. The van der Waals surface area contributed by atoms with Gasteiger partial charge in [0.2, 0.25) is 0 Å². The van der Waals surface area contributed by atoms with Crippen LogP contribution in [0.4, 0.5) is 10.5 Å². The molecule has 0 atom stereocenters. The first-order valence-corrected chi connectivity index (χ1v) is 5.94. The van der Waals surface area contributed by atoms with Crippen LogP contribution < -0.4 is 5.32 Å². The molecule has 0 saturated carbocycles. The molecular weight excluding hydrogens is 246 g/mol. The maximum atomic E-state index is 11.7. The first-order chi connectivity index (χ1) is 8.65. The minimum Gasteiger partial charge on any atom is -0.507 e. The highest BCUT2D eigenvalue weighted by Gasteiger charge is 2.18. The van der Waals surface area contributed by atoms with Gasteiger partial charge in [0, 0.05) is 5.56 Å². The molecule has 0 fully saturated rings. The molecule has 1 aromatic rings. The van der Waals surface area contributed by atoms with Crippen molar-refractivity contribution >= 4 is 18.1 Å². The van der Waals surface area contributed by atoms with Crippen molar-refractivity contribution in [1.29, 1.82) is 0 Å². The Morgan fingerprint density at radius 1 is 1.37 bits per heavy atom. The van der Waals surface area contributed by atoms with Gasteiger partial charge in [-0.25, -0.2) is 4.79 Å². The predicted molar refractivity (Wildman–Crippen MR) is 72.8 cm³/mol. The summed E-state index contributed by atoms with van der Waals surface area (Å²) in [6, 6.07) is 1.63. The van der Waals surface area contributed by atoms with Crippen molar-refractivity contribution in [2.75, 3.05) is 5.32 Å². The van der Waals surface area contributed by atoms with Gasteiger partial charge in [-0.05, 0) is 46.2 Å². The monoisotopic (exact) mass is 265 g/mol. The quantitative estimate of drug-likeness (QED) is 0.805. The van der Waals surface area contributed by atoms with E-state index < -0.39 is 11.7 Å². The van der Waals surface area contributed by atoms with Crippen LogP contribution in [0, 0.1) is 13.8 Å². The summed E-state index contributed by atoms with van der Waals surface area (Å²) < 4.78 is 5.13. The third kappa shape index (κ3) is 3.71. The smallest absolute Gasteiger partial charge is 0.412 e. The van der Waals surface area contributed by atoms with Gasteiger partial charge in [0.25, 0.3) is 0 Å². The standard InChI is InChI=1S/C14H19NO4/c1-8-6-11(9(2)12(17)10(8)7-16)15-13(18)19-14(3,4)5/h6-7,17H,1-5H3,(H,15,18). The summed E-state index contributed by atoms with van der Waals surface area (Å²) >= 11 is 0. The average Bonchev–Trinajstić information content (AvgIpc) is 2.23. The number of ether oxygens (including phenoxy) is 1. The number of hydrogen-bond acceptors (Lipinski definition) is 4. The van der Waals surface area contributed by atoms with E-state index in [-0.39, 0.29) is 11.3 Å². The van der Waals surface area contributed by atoms with Crippen molar-refractivity contribution in [2.45, 2.75) is 40.2 Å². The van der Waals surface area contributed by atoms with E-state index in [1.165, 1.54) is 0 Å². The minimum atomic E-state index is -0.603. The molecule has 0 aromatic heterocycles. The van der Waals surface area contributed by atoms with Gasteiger partial charge in [0.1, 0.15) is 11.4 Å². The van der Waals surface area contributed by atoms with Gasteiger partial charge in [0.15, 0.2) is 6.29 Å². The maximum absolute atomic E-state index is 11.7. The van der Waals surface area contributed by atoms with Crippen LogP contribution in [0.5, 0.6) is 5.75 Å². The normalized spacial score (nSPS) is 11.0. The second-order valence-corrected chi connectivity index (χ2v) is 5.37. The van der Waals surface area contributed by atoms with Gasteiger partial charge in [-0.1, -0.05) is 0 Å². The van der Waals surface area contributed by atoms with Crippen LogP contribution in [0.2, 0.25) is 0 Å². The Morgan fingerprint density at radius 3 is 2.42 bits per heavy atom. The molecule has 0 unspecified atom stereocenters. The van der Waals surface area contributed by atoms with E-state index in [2.05, 4.69) is 5.32 Å². The maximum Gasteiger partial charge on any atom is 0.412 e. The molecular formula is C14H19NO4. The number of aromatic hydroxyl groups is 1. The van der Waals surface area contributed by atoms with Crippen LogP contribution in [0.25, 0.3) is 0 Å². The molecule has 0 aliphatic carbocycles. The number of rotatable bonds is 2. The zero-order chi connectivity index (χ0) is 14.8. The van der Waals surface area contributed by atoms with Crippen LogP contribution in [0.3, 0.4) is 0 Å². The van der Waals surface area contributed by atoms with Crippen LogP contribution in [-0.4, -0.2) is 23.1 Å². The fraction of sp³-hybridized carbons (Fsp3) is 0.429. The Balaban J connectivity index is 3.04. The lowest BCUT2D eigenvalue weighted by Crippen LogP contribution is -2.27. The molecule has 2 N–H and O–H groups in total. The van der Waals surface area contributed by atoms with Gasteiger partial charge in [-0.15, -0.1) is 0 Å². The average molecular weight is 265 g/mol. The number of amides is 1. The highest BCUT2D eigenvalue weighted by molar-refractivity contribution is 5.90. The van der Waals surface area contributed by atoms with Crippen molar-refractivity contribution in [3.8, 4) is 5.75 Å². The topological polar surface area (TPSA) is 75.6 Å². The van der Waals surface area contributed by atoms with E-state index >= 15 is 0 Å². The predicted octanol–water partition coefficient (Wildman–Crippen LogP) is 3.17. The fourth-order valence-corrected chi connectivity index (χ4v) is 1.61. The third-order valence-electron chi connectivity index (χ3n) is 2.55. The Kier molecular flexibility index (Phi) is 4.19. The van der Waals surface area contributed by atoms with E-state index in [4.69, 9.17) is 4.74 Å². The first-order valence-electron chi connectivity index (χ1n) is 5.94. The fourth-order valence-electron chi connectivity index (χ4n) is 1.61. The molecule has 0 aliphatic rings. The number of phenols is 1. The molecule has 19 heavy (non-hydrogen) atoms.